The first-order valence-corrected chi connectivity index (χ1v) is 10.0. The first-order chi connectivity index (χ1) is 14.0. The Hall–Kier alpha value is -3.03. The molecule has 0 aliphatic heterocycles. The number of aromatic nitrogens is 3. The van der Waals surface area contributed by atoms with Crippen LogP contribution in [0.25, 0.3) is 21.8 Å². The molecule has 29 heavy (non-hydrogen) atoms. The summed E-state index contributed by atoms with van der Waals surface area (Å²) in [6.45, 7) is 2.25. The van der Waals surface area contributed by atoms with Gasteiger partial charge in [-0.3, -0.25) is 9.89 Å². The summed E-state index contributed by atoms with van der Waals surface area (Å²) in [6, 6.07) is 15.1. The van der Waals surface area contributed by atoms with Crippen LogP contribution in [0.4, 0.5) is 4.39 Å². The lowest BCUT2D eigenvalue weighted by Crippen LogP contribution is -2.23. The third kappa shape index (κ3) is 4.21. The molecule has 1 amide bonds. The van der Waals surface area contributed by atoms with Gasteiger partial charge in [-0.15, -0.1) is 11.3 Å². The van der Waals surface area contributed by atoms with E-state index in [-0.39, 0.29) is 11.7 Å². The zero-order valence-corrected chi connectivity index (χ0v) is 16.9. The molecule has 2 aromatic heterocycles. The molecule has 4 aromatic rings. The van der Waals surface area contributed by atoms with Gasteiger partial charge in [-0.2, -0.15) is 5.10 Å². The maximum atomic E-state index is 13.1. The van der Waals surface area contributed by atoms with Gasteiger partial charge < -0.3 is 5.32 Å². The Morgan fingerprint density at radius 1 is 1.21 bits per heavy atom. The summed E-state index contributed by atoms with van der Waals surface area (Å²) in [5.74, 6) is -0.601. The average molecular weight is 427 g/mol. The summed E-state index contributed by atoms with van der Waals surface area (Å²) in [7, 11) is 0. The molecule has 2 aromatic carbocycles. The minimum atomic E-state index is -0.321. The van der Waals surface area contributed by atoms with Gasteiger partial charge in [-0.25, -0.2) is 9.37 Å². The number of H-pyrrole nitrogens is 1. The lowest BCUT2D eigenvalue weighted by molar-refractivity contribution is 0.0946. The second-order valence-electron chi connectivity index (χ2n) is 6.36. The van der Waals surface area contributed by atoms with Crippen LogP contribution in [0.15, 0.2) is 54.6 Å². The molecule has 0 saturated heterocycles. The van der Waals surface area contributed by atoms with Crippen LogP contribution in [-0.4, -0.2) is 21.1 Å². The van der Waals surface area contributed by atoms with Crippen molar-refractivity contribution in [2.75, 3.05) is 0 Å². The fourth-order valence-corrected chi connectivity index (χ4v) is 4.13. The van der Waals surface area contributed by atoms with Crippen molar-refractivity contribution >= 4 is 28.8 Å². The van der Waals surface area contributed by atoms with Crippen LogP contribution in [-0.2, 0) is 6.54 Å². The van der Waals surface area contributed by atoms with Crippen molar-refractivity contribution in [2.45, 2.75) is 13.5 Å². The van der Waals surface area contributed by atoms with Crippen molar-refractivity contribution < 1.29 is 9.18 Å². The van der Waals surface area contributed by atoms with Gasteiger partial charge in [-0.05, 0) is 43.3 Å². The molecule has 0 atom stereocenters. The monoisotopic (exact) mass is 426 g/mol. The van der Waals surface area contributed by atoms with Gasteiger partial charge in [0.1, 0.15) is 16.5 Å². The van der Waals surface area contributed by atoms with Gasteiger partial charge in [0.2, 0.25) is 0 Å². The van der Waals surface area contributed by atoms with Crippen LogP contribution in [0, 0.1) is 12.7 Å². The van der Waals surface area contributed by atoms with Crippen LogP contribution in [0.3, 0.4) is 0 Å². The van der Waals surface area contributed by atoms with Crippen molar-refractivity contribution in [3.05, 3.63) is 81.7 Å². The lowest BCUT2D eigenvalue weighted by Gasteiger charge is -2.01. The Labute approximate surface area is 175 Å². The van der Waals surface area contributed by atoms with Crippen molar-refractivity contribution in [1.29, 1.82) is 0 Å². The van der Waals surface area contributed by atoms with Gasteiger partial charge in [0.15, 0.2) is 0 Å². The fraction of sp³-hybridized carbons (Fsp3) is 0.0952. The summed E-state index contributed by atoms with van der Waals surface area (Å²) in [6.07, 6.45) is 0. The number of carbonyl (C=O) groups is 1. The number of nitrogens with zero attached hydrogens (tertiary/aromatic N) is 2. The number of benzene rings is 2. The first kappa shape index (κ1) is 19.3. The molecular weight excluding hydrogens is 411 g/mol. The highest BCUT2D eigenvalue weighted by Crippen LogP contribution is 2.32. The van der Waals surface area contributed by atoms with E-state index in [1.807, 2.05) is 31.2 Å². The summed E-state index contributed by atoms with van der Waals surface area (Å²) >= 11 is 7.75. The van der Waals surface area contributed by atoms with Crippen LogP contribution in [0.2, 0.25) is 5.02 Å². The standard InChI is InChI=1S/C21H16ClFN4OS/c1-12-19(29-21(25-12)15-4-2-3-5-16(15)22)11-24-20(28)18-10-17(26-27-18)13-6-8-14(23)9-7-13/h2-10H,11H2,1H3,(H,24,28)(H,26,27). The molecule has 0 saturated carbocycles. The quantitative estimate of drug-likeness (QED) is 0.459. The van der Waals surface area contributed by atoms with E-state index in [9.17, 15) is 9.18 Å². The third-order valence-electron chi connectivity index (χ3n) is 4.37. The Morgan fingerprint density at radius 3 is 2.72 bits per heavy atom. The largest absolute Gasteiger partial charge is 0.346 e. The van der Waals surface area contributed by atoms with E-state index in [0.29, 0.717) is 23.0 Å². The zero-order chi connectivity index (χ0) is 20.4. The molecule has 5 nitrogen and oxygen atoms in total. The maximum absolute atomic E-state index is 13.1. The molecule has 8 heteroatoms. The fourth-order valence-electron chi connectivity index (χ4n) is 2.80. The smallest absolute Gasteiger partial charge is 0.269 e. The third-order valence-corrected chi connectivity index (χ3v) is 5.89. The van der Waals surface area contributed by atoms with E-state index in [4.69, 9.17) is 11.6 Å². The first-order valence-electron chi connectivity index (χ1n) is 8.82. The van der Waals surface area contributed by atoms with E-state index >= 15 is 0 Å². The molecule has 0 radical (unpaired) electrons. The number of hydrogen-bond donors (Lipinski definition) is 2. The number of hydrogen-bond acceptors (Lipinski definition) is 4. The van der Waals surface area contributed by atoms with E-state index in [1.165, 1.54) is 23.5 Å². The number of carbonyl (C=O) groups excluding carboxylic acids is 1. The predicted molar refractivity (Wildman–Crippen MR) is 112 cm³/mol. The molecule has 2 N–H and O–H groups in total. The Kier molecular flexibility index (Phi) is 5.42. The van der Waals surface area contributed by atoms with Gasteiger partial charge in [0, 0.05) is 16.0 Å². The van der Waals surface area contributed by atoms with Crippen LogP contribution in [0.1, 0.15) is 21.1 Å². The maximum Gasteiger partial charge on any atom is 0.269 e. The molecule has 0 fully saturated rings. The highest BCUT2D eigenvalue weighted by molar-refractivity contribution is 7.15. The Bertz CT molecular complexity index is 1170. The van der Waals surface area contributed by atoms with Crippen LogP contribution >= 0.6 is 22.9 Å². The molecule has 0 aliphatic rings. The van der Waals surface area contributed by atoms with Gasteiger partial charge in [0.05, 0.1) is 23.0 Å². The van der Waals surface area contributed by atoms with Gasteiger partial charge in [0.25, 0.3) is 5.91 Å². The van der Waals surface area contributed by atoms with Crippen LogP contribution in [0.5, 0.6) is 0 Å². The minimum Gasteiger partial charge on any atom is -0.346 e. The highest BCUT2D eigenvalue weighted by atomic mass is 35.5. The van der Waals surface area contributed by atoms with Crippen molar-refractivity contribution in [2.24, 2.45) is 0 Å². The van der Waals surface area contributed by atoms with Gasteiger partial charge >= 0.3 is 0 Å². The average Bonchev–Trinajstić information content (AvgIpc) is 3.34. The number of amides is 1. The number of aromatic amines is 1. The van der Waals surface area contributed by atoms with Crippen molar-refractivity contribution in [3.63, 3.8) is 0 Å². The topological polar surface area (TPSA) is 70.7 Å². The SMILES string of the molecule is Cc1nc(-c2ccccc2Cl)sc1CNC(=O)c1cc(-c2ccc(F)cc2)n[nH]1. The molecule has 2 heterocycles. The summed E-state index contributed by atoms with van der Waals surface area (Å²) in [5, 5.41) is 11.2. The molecule has 0 aliphatic carbocycles. The number of rotatable bonds is 5. The van der Waals surface area contributed by atoms with E-state index in [2.05, 4.69) is 20.5 Å². The molecule has 4 rings (SSSR count). The second-order valence-corrected chi connectivity index (χ2v) is 7.85. The number of nitrogens with one attached hydrogen (secondary N) is 2. The molecular formula is C21H16ClFN4OS. The lowest BCUT2D eigenvalue weighted by atomic mass is 10.1. The predicted octanol–water partition coefficient (Wildman–Crippen LogP) is 5.23. The van der Waals surface area contributed by atoms with E-state index in [1.54, 1.807) is 18.2 Å². The normalized spacial score (nSPS) is 10.9. The molecule has 146 valence electrons. The zero-order valence-electron chi connectivity index (χ0n) is 15.4. The summed E-state index contributed by atoms with van der Waals surface area (Å²) in [5.41, 5.74) is 3.35. The Balaban J connectivity index is 1.45. The molecule has 0 unspecified atom stereocenters. The number of aryl methyl sites for hydroxylation is 1. The highest BCUT2D eigenvalue weighted by Gasteiger charge is 2.15. The molecule has 0 bridgehead atoms. The summed E-state index contributed by atoms with van der Waals surface area (Å²) < 4.78 is 13.1. The van der Waals surface area contributed by atoms with E-state index in [0.717, 1.165) is 26.7 Å². The second kappa shape index (κ2) is 8.14. The Morgan fingerprint density at radius 2 is 1.97 bits per heavy atom. The minimum absolute atomic E-state index is 0.280. The van der Waals surface area contributed by atoms with E-state index < -0.39 is 0 Å². The van der Waals surface area contributed by atoms with Crippen molar-refractivity contribution in [1.82, 2.24) is 20.5 Å². The van der Waals surface area contributed by atoms with Crippen molar-refractivity contribution in [3.8, 4) is 21.8 Å². The van der Waals surface area contributed by atoms with Gasteiger partial charge in [-0.1, -0.05) is 29.8 Å². The number of thiazole rings is 1. The summed E-state index contributed by atoms with van der Waals surface area (Å²) in [4.78, 5) is 18.0. The molecule has 0 spiro atoms. The van der Waals surface area contributed by atoms with Crippen LogP contribution < -0.4 is 5.32 Å². The number of halogens is 2.